The molecule has 0 saturated heterocycles. The van der Waals surface area contributed by atoms with Crippen LogP contribution in [0.5, 0.6) is 0 Å². The van der Waals surface area contributed by atoms with Crippen LogP contribution in [0.1, 0.15) is 21.6 Å². The first-order valence-corrected chi connectivity index (χ1v) is 11.2. The number of aryl methyl sites for hydroxylation is 2. The lowest BCUT2D eigenvalue weighted by Crippen LogP contribution is -2.15. The van der Waals surface area contributed by atoms with Gasteiger partial charge < -0.3 is 5.32 Å². The van der Waals surface area contributed by atoms with Crippen molar-refractivity contribution in [2.45, 2.75) is 18.7 Å². The number of rotatable bonds is 4. The summed E-state index contributed by atoms with van der Waals surface area (Å²) in [6, 6.07) is 16.0. The van der Waals surface area contributed by atoms with Crippen LogP contribution in [0.25, 0.3) is 11.3 Å². The van der Waals surface area contributed by atoms with Crippen LogP contribution in [0.3, 0.4) is 0 Å². The van der Waals surface area contributed by atoms with Gasteiger partial charge in [-0.3, -0.25) is 9.78 Å². The number of nitrogens with zero attached hydrogens (tertiary/aromatic N) is 1. The number of carbonyl (C=O) groups excluding carboxylic acids is 1. The Kier molecular flexibility index (Phi) is 5.67. The van der Waals surface area contributed by atoms with Crippen LogP contribution in [-0.2, 0) is 9.84 Å². The van der Waals surface area contributed by atoms with Gasteiger partial charge in [-0.1, -0.05) is 34.1 Å². The highest BCUT2D eigenvalue weighted by atomic mass is 79.9. The molecule has 0 radical (unpaired) electrons. The van der Waals surface area contributed by atoms with Gasteiger partial charge in [0.25, 0.3) is 5.91 Å². The number of hydrogen-bond donors (Lipinski definition) is 1. The Balaban J connectivity index is 1.90. The molecule has 2 aromatic carbocycles. The van der Waals surface area contributed by atoms with Crippen LogP contribution in [0.4, 0.5) is 5.69 Å². The van der Waals surface area contributed by atoms with Crippen molar-refractivity contribution < 1.29 is 13.2 Å². The van der Waals surface area contributed by atoms with Crippen LogP contribution < -0.4 is 5.32 Å². The second-order valence-electron chi connectivity index (χ2n) is 6.54. The molecule has 144 valence electrons. The first-order chi connectivity index (χ1) is 13.1. The highest BCUT2D eigenvalue weighted by Gasteiger charge is 2.15. The highest BCUT2D eigenvalue weighted by Crippen LogP contribution is 2.24. The maximum absolute atomic E-state index is 12.7. The summed E-state index contributed by atoms with van der Waals surface area (Å²) in [5, 5.41) is 2.80. The molecule has 0 aliphatic rings. The molecule has 0 saturated carbocycles. The molecular weight excluding hydrogens is 440 g/mol. The van der Waals surface area contributed by atoms with E-state index in [2.05, 4.69) is 26.2 Å². The van der Waals surface area contributed by atoms with E-state index in [4.69, 9.17) is 0 Å². The van der Waals surface area contributed by atoms with E-state index in [0.29, 0.717) is 16.9 Å². The average molecular weight is 459 g/mol. The Hall–Kier alpha value is -2.51. The summed E-state index contributed by atoms with van der Waals surface area (Å²) >= 11 is 3.44. The van der Waals surface area contributed by atoms with Gasteiger partial charge in [0.05, 0.1) is 21.8 Å². The molecule has 0 aliphatic heterocycles. The molecule has 7 heteroatoms. The van der Waals surface area contributed by atoms with E-state index < -0.39 is 9.84 Å². The molecule has 0 atom stereocenters. The smallest absolute Gasteiger partial charge is 0.257 e. The Morgan fingerprint density at radius 1 is 1.04 bits per heavy atom. The monoisotopic (exact) mass is 458 g/mol. The van der Waals surface area contributed by atoms with Crippen molar-refractivity contribution >= 4 is 37.4 Å². The highest BCUT2D eigenvalue weighted by molar-refractivity contribution is 9.10. The molecule has 1 N–H and O–H groups in total. The van der Waals surface area contributed by atoms with Crippen molar-refractivity contribution in [2.75, 3.05) is 11.6 Å². The predicted octanol–water partition coefficient (Wildman–Crippen LogP) is 4.78. The molecule has 0 bridgehead atoms. The topological polar surface area (TPSA) is 76.1 Å². The SMILES string of the molecule is Cc1ccc(S(C)(=O)=O)cc1NC(=O)c1ccc(-c2cccc(Br)c2)nc1C. The van der Waals surface area contributed by atoms with Crippen LogP contribution >= 0.6 is 15.9 Å². The van der Waals surface area contributed by atoms with Gasteiger partial charge in [-0.25, -0.2) is 8.42 Å². The molecule has 5 nitrogen and oxygen atoms in total. The van der Waals surface area contributed by atoms with Crippen LogP contribution in [0.2, 0.25) is 0 Å². The predicted molar refractivity (Wildman–Crippen MR) is 114 cm³/mol. The number of aromatic nitrogens is 1. The maximum atomic E-state index is 12.7. The van der Waals surface area contributed by atoms with Gasteiger partial charge in [-0.05, 0) is 55.8 Å². The number of hydrogen-bond acceptors (Lipinski definition) is 4. The van der Waals surface area contributed by atoms with Gasteiger partial charge in [0.1, 0.15) is 0 Å². The number of benzene rings is 2. The number of carbonyl (C=O) groups is 1. The standard InChI is InChI=1S/C21H19BrN2O3S/c1-13-7-8-17(28(3,26)27)12-20(13)24-21(25)18-9-10-19(23-14(18)2)15-5-4-6-16(22)11-15/h4-12H,1-3H3,(H,24,25). The minimum Gasteiger partial charge on any atom is -0.322 e. The normalized spacial score (nSPS) is 11.3. The largest absolute Gasteiger partial charge is 0.322 e. The fourth-order valence-corrected chi connectivity index (χ4v) is 3.81. The lowest BCUT2D eigenvalue weighted by molar-refractivity contribution is 0.102. The van der Waals surface area contributed by atoms with Crippen LogP contribution in [-0.4, -0.2) is 25.6 Å². The Morgan fingerprint density at radius 3 is 2.43 bits per heavy atom. The third-order valence-corrected chi connectivity index (χ3v) is 5.94. The first kappa shape index (κ1) is 20.2. The van der Waals surface area contributed by atoms with Gasteiger partial charge in [0, 0.05) is 22.0 Å². The van der Waals surface area contributed by atoms with Crippen LogP contribution in [0.15, 0.2) is 64.0 Å². The van der Waals surface area contributed by atoms with Gasteiger partial charge >= 0.3 is 0 Å². The second-order valence-corrected chi connectivity index (χ2v) is 9.47. The van der Waals surface area contributed by atoms with Crippen LogP contribution in [0, 0.1) is 13.8 Å². The van der Waals surface area contributed by atoms with E-state index in [1.54, 1.807) is 25.1 Å². The van der Waals surface area contributed by atoms with Crippen molar-refractivity contribution in [3.8, 4) is 11.3 Å². The minimum absolute atomic E-state index is 0.160. The van der Waals surface area contributed by atoms with E-state index in [0.717, 1.165) is 27.5 Å². The molecule has 1 amide bonds. The fourth-order valence-electron chi connectivity index (χ4n) is 2.77. The summed E-state index contributed by atoms with van der Waals surface area (Å²) in [5.41, 5.74) is 3.97. The lowest BCUT2D eigenvalue weighted by Gasteiger charge is -2.12. The Labute approximate surface area is 172 Å². The van der Waals surface area contributed by atoms with Gasteiger partial charge in [0.15, 0.2) is 9.84 Å². The van der Waals surface area contributed by atoms with Crippen molar-refractivity contribution in [1.82, 2.24) is 4.98 Å². The van der Waals surface area contributed by atoms with E-state index in [1.165, 1.54) is 12.1 Å². The molecule has 0 spiro atoms. The fraction of sp³-hybridized carbons (Fsp3) is 0.143. The summed E-state index contributed by atoms with van der Waals surface area (Å²) < 4.78 is 24.5. The molecule has 1 aromatic heterocycles. The molecule has 28 heavy (non-hydrogen) atoms. The summed E-state index contributed by atoms with van der Waals surface area (Å²) in [7, 11) is -3.36. The van der Waals surface area contributed by atoms with Crippen molar-refractivity contribution in [1.29, 1.82) is 0 Å². The second kappa shape index (κ2) is 7.85. The summed E-state index contributed by atoms with van der Waals surface area (Å²) in [5.74, 6) is -0.334. The third kappa shape index (κ3) is 4.48. The zero-order valence-electron chi connectivity index (χ0n) is 15.7. The molecular formula is C21H19BrN2O3S. The molecule has 0 unspecified atom stereocenters. The zero-order chi connectivity index (χ0) is 20.5. The lowest BCUT2D eigenvalue weighted by atomic mass is 10.1. The van der Waals surface area contributed by atoms with Gasteiger partial charge in [0.2, 0.25) is 0 Å². The molecule has 0 fully saturated rings. The first-order valence-electron chi connectivity index (χ1n) is 8.51. The van der Waals surface area contributed by atoms with E-state index in [-0.39, 0.29) is 10.8 Å². The summed E-state index contributed by atoms with van der Waals surface area (Å²) in [6.45, 7) is 3.58. The minimum atomic E-state index is -3.36. The average Bonchev–Trinajstić information content (AvgIpc) is 2.62. The molecule has 3 aromatic rings. The van der Waals surface area contributed by atoms with Gasteiger partial charge in [-0.15, -0.1) is 0 Å². The molecule has 0 aliphatic carbocycles. The third-order valence-electron chi connectivity index (χ3n) is 4.34. The Morgan fingerprint density at radius 2 is 1.79 bits per heavy atom. The summed E-state index contributed by atoms with van der Waals surface area (Å²) in [4.78, 5) is 17.5. The number of nitrogens with one attached hydrogen (secondary N) is 1. The van der Waals surface area contributed by atoms with E-state index in [1.807, 2.05) is 31.2 Å². The maximum Gasteiger partial charge on any atom is 0.257 e. The number of sulfone groups is 1. The van der Waals surface area contributed by atoms with E-state index in [9.17, 15) is 13.2 Å². The van der Waals surface area contributed by atoms with Crippen molar-refractivity contribution in [3.63, 3.8) is 0 Å². The Bertz CT molecular complexity index is 1170. The molecule has 1 heterocycles. The summed E-state index contributed by atoms with van der Waals surface area (Å²) in [6.07, 6.45) is 1.14. The van der Waals surface area contributed by atoms with Gasteiger partial charge in [-0.2, -0.15) is 0 Å². The van der Waals surface area contributed by atoms with E-state index >= 15 is 0 Å². The number of pyridine rings is 1. The van der Waals surface area contributed by atoms with Crippen molar-refractivity contribution in [3.05, 3.63) is 75.9 Å². The number of halogens is 1. The number of amides is 1. The number of anilines is 1. The van der Waals surface area contributed by atoms with Crippen molar-refractivity contribution in [2.24, 2.45) is 0 Å². The zero-order valence-corrected chi connectivity index (χ0v) is 18.1. The quantitative estimate of drug-likeness (QED) is 0.609. The molecule has 3 rings (SSSR count).